The third-order valence-corrected chi connectivity index (χ3v) is 4.17. The zero-order chi connectivity index (χ0) is 18.3. The molecule has 26 heavy (non-hydrogen) atoms. The maximum atomic E-state index is 12.3. The molecule has 1 aromatic heterocycles. The molecule has 0 radical (unpaired) electrons. The van der Waals surface area contributed by atoms with E-state index in [4.69, 9.17) is 4.42 Å². The Bertz CT molecular complexity index is 1170. The van der Waals surface area contributed by atoms with E-state index in [0.29, 0.717) is 11.3 Å². The van der Waals surface area contributed by atoms with Gasteiger partial charge in [0, 0.05) is 17.7 Å². The van der Waals surface area contributed by atoms with Crippen LogP contribution in [0, 0.1) is 0 Å². The van der Waals surface area contributed by atoms with E-state index in [-0.39, 0.29) is 33.6 Å². The Kier molecular flexibility index (Phi) is 3.62. The van der Waals surface area contributed by atoms with Crippen LogP contribution in [-0.4, -0.2) is 15.3 Å². The summed E-state index contributed by atoms with van der Waals surface area (Å²) >= 11 is 0. The molecule has 0 bridgehead atoms. The van der Waals surface area contributed by atoms with E-state index < -0.39 is 0 Å². The highest BCUT2D eigenvalue weighted by Gasteiger charge is 2.11. The first-order valence-electron chi connectivity index (χ1n) is 7.91. The highest BCUT2D eigenvalue weighted by molar-refractivity contribution is 5.82. The summed E-state index contributed by atoms with van der Waals surface area (Å²) in [5, 5.41) is 28.8. The van der Waals surface area contributed by atoms with Gasteiger partial charge in [-0.2, -0.15) is 0 Å². The van der Waals surface area contributed by atoms with Crippen molar-refractivity contribution in [3.05, 3.63) is 77.0 Å². The fraction of sp³-hybridized carbons (Fsp3) is 0. The van der Waals surface area contributed by atoms with Crippen LogP contribution in [0.2, 0.25) is 0 Å². The largest absolute Gasteiger partial charge is 0.508 e. The van der Waals surface area contributed by atoms with E-state index in [9.17, 15) is 20.1 Å². The van der Waals surface area contributed by atoms with Crippen molar-refractivity contribution in [2.45, 2.75) is 0 Å². The molecule has 0 fully saturated rings. The van der Waals surface area contributed by atoms with Gasteiger partial charge >= 0.3 is 0 Å². The first-order valence-corrected chi connectivity index (χ1v) is 7.91. The van der Waals surface area contributed by atoms with E-state index in [1.165, 1.54) is 18.2 Å². The number of hydrogen-bond acceptors (Lipinski definition) is 5. The molecule has 5 heteroatoms. The second-order valence-electron chi connectivity index (χ2n) is 5.94. The molecular weight excluding hydrogens is 332 g/mol. The normalized spacial score (nSPS) is 10.9. The molecule has 4 aromatic rings. The third kappa shape index (κ3) is 2.75. The molecule has 3 aromatic carbocycles. The van der Waals surface area contributed by atoms with Crippen LogP contribution in [0.25, 0.3) is 33.4 Å². The van der Waals surface area contributed by atoms with Crippen LogP contribution in [0.3, 0.4) is 0 Å². The summed E-state index contributed by atoms with van der Waals surface area (Å²) in [5.74, 6) is -0.177. The summed E-state index contributed by atoms with van der Waals surface area (Å²) in [7, 11) is 0. The van der Waals surface area contributed by atoms with E-state index in [1.54, 1.807) is 24.3 Å². The summed E-state index contributed by atoms with van der Waals surface area (Å²) in [5.41, 5.74) is 2.39. The number of phenols is 3. The molecule has 0 saturated heterocycles. The van der Waals surface area contributed by atoms with Crippen molar-refractivity contribution in [1.82, 2.24) is 0 Å². The average Bonchev–Trinajstić information content (AvgIpc) is 2.64. The second-order valence-corrected chi connectivity index (χ2v) is 5.94. The van der Waals surface area contributed by atoms with Gasteiger partial charge in [0.2, 0.25) is 0 Å². The molecule has 1 heterocycles. The SMILES string of the molecule is O=c1cc(-c2cccc(-c3ccc(O)cc3)c2)oc2cc(O)c(O)cc12. The second kappa shape index (κ2) is 5.97. The van der Waals surface area contributed by atoms with Crippen molar-refractivity contribution in [1.29, 1.82) is 0 Å². The summed E-state index contributed by atoms with van der Waals surface area (Å²) in [6.07, 6.45) is 0. The fourth-order valence-corrected chi connectivity index (χ4v) is 2.83. The van der Waals surface area contributed by atoms with Crippen LogP contribution >= 0.6 is 0 Å². The van der Waals surface area contributed by atoms with Crippen molar-refractivity contribution in [3.63, 3.8) is 0 Å². The van der Waals surface area contributed by atoms with Gasteiger partial charge in [0.15, 0.2) is 16.9 Å². The van der Waals surface area contributed by atoms with Gasteiger partial charge in [0.25, 0.3) is 0 Å². The summed E-state index contributed by atoms with van der Waals surface area (Å²) < 4.78 is 5.76. The summed E-state index contributed by atoms with van der Waals surface area (Å²) in [6.45, 7) is 0. The monoisotopic (exact) mass is 346 g/mol. The van der Waals surface area contributed by atoms with Gasteiger partial charge in [-0.3, -0.25) is 4.79 Å². The number of rotatable bonds is 2. The molecule has 0 amide bonds. The Hall–Kier alpha value is -3.73. The first-order chi connectivity index (χ1) is 12.5. The summed E-state index contributed by atoms with van der Waals surface area (Å²) in [6, 6.07) is 18.0. The molecule has 5 nitrogen and oxygen atoms in total. The zero-order valence-corrected chi connectivity index (χ0v) is 13.5. The van der Waals surface area contributed by atoms with Crippen molar-refractivity contribution in [3.8, 4) is 39.7 Å². The van der Waals surface area contributed by atoms with Gasteiger partial charge < -0.3 is 19.7 Å². The van der Waals surface area contributed by atoms with E-state index in [1.807, 2.05) is 24.3 Å². The van der Waals surface area contributed by atoms with E-state index >= 15 is 0 Å². The molecule has 3 N–H and O–H groups in total. The fourth-order valence-electron chi connectivity index (χ4n) is 2.83. The molecule has 0 aliphatic carbocycles. The third-order valence-electron chi connectivity index (χ3n) is 4.17. The Morgan fingerprint density at radius 3 is 2.15 bits per heavy atom. The number of fused-ring (bicyclic) bond motifs is 1. The Morgan fingerprint density at radius 1 is 0.692 bits per heavy atom. The van der Waals surface area contributed by atoms with Crippen LogP contribution in [0.1, 0.15) is 0 Å². The standard InChI is InChI=1S/C21H14O5/c22-15-6-4-12(5-7-15)13-2-1-3-14(8-13)20-10-17(23)16-9-18(24)19(25)11-21(16)26-20/h1-11,22,24-25H. The summed E-state index contributed by atoms with van der Waals surface area (Å²) in [4.78, 5) is 12.3. The van der Waals surface area contributed by atoms with Gasteiger partial charge in [-0.25, -0.2) is 0 Å². The molecule has 0 spiro atoms. The predicted octanol–water partition coefficient (Wildman–Crippen LogP) is 4.24. The maximum absolute atomic E-state index is 12.3. The average molecular weight is 346 g/mol. The molecule has 128 valence electrons. The highest BCUT2D eigenvalue weighted by Crippen LogP contribution is 2.32. The van der Waals surface area contributed by atoms with Crippen molar-refractivity contribution in [2.24, 2.45) is 0 Å². The smallest absolute Gasteiger partial charge is 0.193 e. The number of phenolic OH excluding ortho intramolecular Hbond substituents is 3. The lowest BCUT2D eigenvalue weighted by atomic mass is 10.0. The van der Waals surface area contributed by atoms with Gasteiger partial charge in [-0.1, -0.05) is 30.3 Å². The molecular formula is C21H14O5. The molecule has 0 unspecified atom stereocenters. The van der Waals surface area contributed by atoms with Gasteiger partial charge in [-0.05, 0) is 35.4 Å². The van der Waals surface area contributed by atoms with Gasteiger partial charge in [0.05, 0.1) is 5.39 Å². The van der Waals surface area contributed by atoms with E-state index in [0.717, 1.165) is 11.1 Å². The first kappa shape index (κ1) is 15.8. The lowest BCUT2D eigenvalue weighted by Crippen LogP contribution is -2.00. The number of aromatic hydroxyl groups is 3. The Balaban J connectivity index is 1.85. The highest BCUT2D eigenvalue weighted by atomic mass is 16.3. The Morgan fingerprint density at radius 2 is 1.38 bits per heavy atom. The topological polar surface area (TPSA) is 90.9 Å². The van der Waals surface area contributed by atoms with Crippen LogP contribution in [0.15, 0.2) is 75.9 Å². The lowest BCUT2D eigenvalue weighted by molar-refractivity contribution is 0.403. The zero-order valence-electron chi connectivity index (χ0n) is 13.5. The quantitative estimate of drug-likeness (QED) is 0.472. The predicted molar refractivity (Wildman–Crippen MR) is 98.4 cm³/mol. The Labute approximate surface area is 148 Å². The van der Waals surface area contributed by atoms with Crippen molar-refractivity contribution < 1.29 is 19.7 Å². The van der Waals surface area contributed by atoms with Crippen LogP contribution in [0.5, 0.6) is 17.2 Å². The molecule has 4 rings (SSSR count). The van der Waals surface area contributed by atoms with Crippen LogP contribution < -0.4 is 5.43 Å². The van der Waals surface area contributed by atoms with Gasteiger partial charge in [0.1, 0.15) is 17.1 Å². The van der Waals surface area contributed by atoms with Gasteiger partial charge in [-0.15, -0.1) is 0 Å². The minimum absolute atomic E-state index is 0.188. The van der Waals surface area contributed by atoms with Crippen molar-refractivity contribution in [2.75, 3.05) is 0 Å². The molecule has 0 aliphatic heterocycles. The van der Waals surface area contributed by atoms with Crippen molar-refractivity contribution >= 4 is 11.0 Å². The lowest BCUT2D eigenvalue weighted by Gasteiger charge is -2.07. The number of hydrogen-bond donors (Lipinski definition) is 3. The van der Waals surface area contributed by atoms with Crippen LogP contribution in [0.4, 0.5) is 0 Å². The van der Waals surface area contributed by atoms with E-state index in [2.05, 4.69) is 0 Å². The number of benzene rings is 3. The minimum atomic E-state index is -0.369. The van der Waals surface area contributed by atoms with Crippen LogP contribution in [-0.2, 0) is 0 Å². The molecule has 0 atom stereocenters. The maximum Gasteiger partial charge on any atom is 0.193 e. The minimum Gasteiger partial charge on any atom is -0.508 e. The molecule has 0 saturated carbocycles. The molecule has 0 aliphatic rings.